The van der Waals surface area contributed by atoms with Gasteiger partial charge in [-0.1, -0.05) is 12.1 Å². The van der Waals surface area contributed by atoms with Crippen molar-refractivity contribution in [2.75, 3.05) is 0 Å². The number of rotatable bonds is 0. The quantitative estimate of drug-likeness (QED) is 0.519. The molecule has 3 nitrogen and oxygen atoms in total. The van der Waals surface area contributed by atoms with E-state index in [4.69, 9.17) is 0 Å². The van der Waals surface area contributed by atoms with Crippen molar-refractivity contribution in [3.63, 3.8) is 0 Å². The predicted molar refractivity (Wildman–Crippen MR) is 31.9 cm³/mol. The molecule has 1 rings (SSSR count). The Labute approximate surface area is 52.6 Å². The van der Waals surface area contributed by atoms with E-state index < -0.39 is 0 Å². The molecule has 0 spiro atoms. The second kappa shape index (κ2) is 3.60. The van der Waals surface area contributed by atoms with Gasteiger partial charge in [-0.3, -0.25) is 0 Å². The van der Waals surface area contributed by atoms with Crippen molar-refractivity contribution in [2.24, 2.45) is 0 Å². The number of nitrogens with zero attached hydrogens (tertiary/aromatic N) is 2. The van der Waals surface area contributed by atoms with Crippen LogP contribution in [0.25, 0.3) is 0 Å². The van der Waals surface area contributed by atoms with Crippen molar-refractivity contribution in [1.29, 1.82) is 0 Å². The van der Waals surface area contributed by atoms with E-state index in [0.717, 1.165) is 0 Å². The SMILES string of the molecule is c1ccconncc1. The van der Waals surface area contributed by atoms with E-state index in [1.165, 1.54) is 6.26 Å². The molecular formula is C6H6N2O. The lowest BCUT2D eigenvalue weighted by molar-refractivity contribution is 0.367. The average molecular weight is 122 g/mol. The zero-order chi connectivity index (χ0) is 6.36. The highest BCUT2D eigenvalue weighted by molar-refractivity contribution is 4.86. The fourth-order valence-corrected chi connectivity index (χ4v) is 0.379. The highest BCUT2D eigenvalue weighted by atomic mass is 16.5. The van der Waals surface area contributed by atoms with Crippen LogP contribution in [0.4, 0.5) is 0 Å². The Kier molecular flexibility index (Phi) is 2.30. The second-order valence-corrected chi connectivity index (χ2v) is 1.36. The summed E-state index contributed by atoms with van der Waals surface area (Å²) in [5, 5.41) is 6.81. The summed E-state index contributed by atoms with van der Waals surface area (Å²) in [6.45, 7) is 0. The molecule has 0 aliphatic heterocycles. The fraction of sp³-hybridized carbons (Fsp3) is 0. The minimum Gasteiger partial charge on any atom is -0.347 e. The average Bonchev–Trinajstić information content (AvgIpc) is 2.00. The highest BCUT2D eigenvalue weighted by Gasteiger charge is 1.60. The van der Waals surface area contributed by atoms with Crippen molar-refractivity contribution < 1.29 is 4.52 Å². The maximum absolute atomic E-state index is 4.53. The number of hydrogen-bond acceptors (Lipinski definition) is 3. The molecule has 0 aliphatic rings. The summed E-state index contributed by atoms with van der Waals surface area (Å²) in [7, 11) is 0. The van der Waals surface area contributed by atoms with E-state index >= 15 is 0 Å². The van der Waals surface area contributed by atoms with E-state index in [-0.39, 0.29) is 0 Å². The Hall–Kier alpha value is -1.38. The first-order valence-corrected chi connectivity index (χ1v) is 2.54. The van der Waals surface area contributed by atoms with Crippen LogP contribution in [0.3, 0.4) is 0 Å². The van der Waals surface area contributed by atoms with Crippen LogP contribution in [0.15, 0.2) is 41.2 Å². The predicted octanol–water partition coefficient (Wildman–Crippen LogP) is 1.19. The molecule has 46 valence electrons. The van der Waals surface area contributed by atoms with Crippen molar-refractivity contribution in [3.05, 3.63) is 36.7 Å². The van der Waals surface area contributed by atoms with Gasteiger partial charge in [0, 0.05) is 5.27 Å². The molecule has 0 aliphatic carbocycles. The highest BCUT2D eigenvalue weighted by Crippen LogP contribution is 1.73. The summed E-state index contributed by atoms with van der Waals surface area (Å²) in [5.74, 6) is 0. The maximum Gasteiger partial charge on any atom is 0.124 e. The molecule has 0 N–H and O–H groups in total. The largest absolute Gasteiger partial charge is 0.347 e. The number of hydrogen-bond donors (Lipinski definition) is 0. The molecule has 1 aromatic heterocycles. The van der Waals surface area contributed by atoms with E-state index in [9.17, 15) is 0 Å². The summed E-state index contributed by atoms with van der Waals surface area (Å²) in [6.07, 6.45) is 3.00. The standard InChI is InChI=1S/C6H6N2O/c1-2-4-6-9-8-7-5-3-1/h1-6H. The van der Waals surface area contributed by atoms with Crippen LogP contribution in [0.5, 0.6) is 0 Å². The van der Waals surface area contributed by atoms with Gasteiger partial charge in [-0.25, -0.2) is 0 Å². The van der Waals surface area contributed by atoms with Crippen LogP contribution < -0.4 is 0 Å². The van der Waals surface area contributed by atoms with Crippen LogP contribution in [-0.2, 0) is 0 Å². The normalized spacial score (nSPS) is 8.00. The summed E-state index contributed by atoms with van der Waals surface area (Å²) in [4.78, 5) is 0. The fourth-order valence-electron chi connectivity index (χ4n) is 0.379. The lowest BCUT2D eigenvalue weighted by Gasteiger charge is -1.62. The number of aromatic nitrogens is 2. The molecule has 0 saturated carbocycles. The van der Waals surface area contributed by atoms with E-state index in [0.29, 0.717) is 0 Å². The van der Waals surface area contributed by atoms with E-state index in [1.807, 2.05) is 12.1 Å². The molecule has 0 bridgehead atoms. The van der Waals surface area contributed by atoms with E-state index in [1.54, 1.807) is 18.3 Å². The molecule has 1 aromatic rings. The van der Waals surface area contributed by atoms with Gasteiger partial charge in [0.1, 0.15) is 6.26 Å². The molecular weight excluding hydrogens is 116 g/mol. The maximum atomic E-state index is 4.53. The zero-order valence-electron chi connectivity index (χ0n) is 4.77. The van der Waals surface area contributed by atoms with Gasteiger partial charge in [0.2, 0.25) is 0 Å². The Bertz CT molecular complexity index is 133. The molecule has 9 heavy (non-hydrogen) atoms. The van der Waals surface area contributed by atoms with Gasteiger partial charge in [0.25, 0.3) is 0 Å². The first-order valence-electron chi connectivity index (χ1n) is 2.54. The van der Waals surface area contributed by atoms with Crippen molar-refractivity contribution in [3.8, 4) is 0 Å². The van der Waals surface area contributed by atoms with Gasteiger partial charge >= 0.3 is 0 Å². The lowest BCUT2D eigenvalue weighted by Crippen LogP contribution is -1.64. The Morgan fingerprint density at radius 3 is 2.89 bits per heavy atom. The molecule has 0 fully saturated rings. The Balaban J connectivity index is 3.04. The smallest absolute Gasteiger partial charge is 0.124 e. The zero-order valence-corrected chi connectivity index (χ0v) is 4.77. The van der Waals surface area contributed by atoms with Crippen LogP contribution in [-0.4, -0.2) is 10.4 Å². The topological polar surface area (TPSA) is 38.9 Å². The molecule has 1 heterocycles. The molecule has 0 saturated heterocycles. The molecule has 0 unspecified atom stereocenters. The Morgan fingerprint density at radius 1 is 1.00 bits per heavy atom. The molecule has 3 heteroatoms. The third-order valence-corrected chi connectivity index (χ3v) is 0.720. The van der Waals surface area contributed by atoms with Gasteiger partial charge in [-0.05, 0) is 12.1 Å². The second-order valence-electron chi connectivity index (χ2n) is 1.36. The minimum absolute atomic E-state index is 1.45. The Morgan fingerprint density at radius 2 is 1.89 bits per heavy atom. The summed E-state index contributed by atoms with van der Waals surface area (Å²) in [6, 6.07) is 7.16. The van der Waals surface area contributed by atoms with Gasteiger partial charge in [0.15, 0.2) is 0 Å². The minimum atomic E-state index is 1.45. The van der Waals surface area contributed by atoms with E-state index in [2.05, 4.69) is 14.9 Å². The van der Waals surface area contributed by atoms with Crippen molar-refractivity contribution in [1.82, 2.24) is 10.4 Å². The van der Waals surface area contributed by atoms with Crippen LogP contribution >= 0.6 is 0 Å². The summed E-state index contributed by atoms with van der Waals surface area (Å²) in [5.41, 5.74) is 0. The lowest BCUT2D eigenvalue weighted by atomic mass is 10.5. The summed E-state index contributed by atoms with van der Waals surface area (Å²) < 4.78 is 4.53. The van der Waals surface area contributed by atoms with Gasteiger partial charge in [-0.2, -0.15) is 0 Å². The first-order chi connectivity index (χ1) is 4.50. The third kappa shape index (κ3) is 2.43. The van der Waals surface area contributed by atoms with Crippen LogP contribution in [0.2, 0.25) is 0 Å². The molecule has 0 amide bonds. The summed E-state index contributed by atoms with van der Waals surface area (Å²) >= 11 is 0. The van der Waals surface area contributed by atoms with Crippen molar-refractivity contribution in [2.45, 2.75) is 0 Å². The third-order valence-electron chi connectivity index (χ3n) is 0.720. The molecule has 0 aromatic carbocycles. The van der Waals surface area contributed by atoms with Gasteiger partial charge in [-0.15, -0.1) is 5.10 Å². The van der Waals surface area contributed by atoms with Crippen LogP contribution in [0.1, 0.15) is 0 Å². The van der Waals surface area contributed by atoms with Crippen molar-refractivity contribution >= 4 is 0 Å². The van der Waals surface area contributed by atoms with Gasteiger partial charge in [0.05, 0.1) is 6.20 Å². The molecule has 0 atom stereocenters. The molecule has 0 radical (unpaired) electrons. The first kappa shape index (κ1) is 5.75. The monoisotopic (exact) mass is 122 g/mol. The van der Waals surface area contributed by atoms with Gasteiger partial charge < -0.3 is 4.52 Å². The van der Waals surface area contributed by atoms with Crippen LogP contribution in [0, 0.1) is 0 Å².